The normalized spacial score (nSPS) is 20.2. The van der Waals surface area contributed by atoms with Crippen molar-refractivity contribution < 1.29 is 12.8 Å². The molecule has 0 unspecified atom stereocenters. The highest BCUT2D eigenvalue weighted by molar-refractivity contribution is 7.92. The molecule has 2 aromatic rings. The average Bonchev–Trinajstić information content (AvgIpc) is 2.93. The van der Waals surface area contributed by atoms with Crippen LogP contribution in [0.1, 0.15) is 43.4 Å². The third-order valence-corrected chi connectivity index (χ3v) is 7.26. The second kappa shape index (κ2) is 5.39. The van der Waals surface area contributed by atoms with E-state index < -0.39 is 9.84 Å². The van der Waals surface area contributed by atoms with Crippen LogP contribution in [-0.4, -0.2) is 20.2 Å². The Labute approximate surface area is 130 Å². The number of hydrogen-bond donors (Lipinski definition) is 1. The van der Waals surface area contributed by atoms with E-state index in [-0.39, 0.29) is 5.25 Å². The van der Waals surface area contributed by atoms with Crippen molar-refractivity contribution in [1.29, 1.82) is 0 Å². The van der Waals surface area contributed by atoms with Crippen molar-refractivity contribution in [1.82, 2.24) is 5.32 Å². The number of hydrogen-bond acceptors (Lipinski definition) is 4. The molecule has 2 heterocycles. The monoisotopic (exact) mass is 319 g/mol. The van der Waals surface area contributed by atoms with Crippen molar-refractivity contribution in [3.8, 4) is 0 Å². The van der Waals surface area contributed by atoms with Gasteiger partial charge in [-0.25, -0.2) is 8.42 Å². The number of nitrogens with one attached hydrogen (secondary N) is 1. The van der Waals surface area contributed by atoms with Gasteiger partial charge in [-0.3, -0.25) is 0 Å². The molecule has 1 N–H and O–H groups in total. The van der Waals surface area contributed by atoms with Gasteiger partial charge in [-0.05, 0) is 37.9 Å². The van der Waals surface area contributed by atoms with Gasteiger partial charge in [0, 0.05) is 17.0 Å². The summed E-state index contributed by atoms with van der Waals surface area (Å²) in [6, 6.07) is 5.43. The maximum absolute atomic E-state index is 12.8. The van der Waals surface area contributed by atoms with E-state index in [2.05, 4.69) is 5.32 Å². The summed E-state index contributed by atoms with van der Waals surface area (Å²) in [6.45, 7) is 1.68. The summed E-state index contributed by atoms with van der Waals surface area (Å²) in [5.74, 6) is 0.952. The summed E-state index contributed by atoms with van der Waals surface area (Å²) in [7, 11) is -3.23. The van der Waals surface area contributed by atoms with Gasteiger partial charge in [0.2, 0.25) is 0 Å². The lowest BCUT2D eigenvalue weighted by Gasteiger charge is -2.21. The van der Waals surface area contributed by atoms with Crippen LogP contribution in [0.2, 0.25) is 0 Å². The predicted octanol–water partition coefficient (Wildman–Crippen LogP) is 3.18. The van der Waals surface area contributed by atoms with Crippen molar-refractivity contribution in [2.24, 2.45) is 0 Å². The SMILES string of the molecule is O=S(=O)(c1ccc2c3c(oc2c1)CNCC3)C1CCCCC1. The fourth-order valence-electron chi connectivity index (χ4n) is 3.76. The Balaban J connectivity index is 1.76. The lowest BCUT2D eigenvalue weighted by atomic mass is 10.0. The van der Waals surface area contributed by atoms with Crippen molar-refractivity contribution in [3.05, 3.63) is 29.5 Å². The Morgan fingerprint density at radius 3 is 2.77 bits per heavy atom. The third kappa shape index (κ3) is 2.27. The third-order valence-electron chi connectivity index (χ3n) is 5.00. The molecule has 1 saturated carbocycles. The van der Waals surface area contributed by atoms with Crippen molar-refractivity contribution in [3.63, 3.8) is 0 Å². The largest absolute Gasteiger partial charge is 0.459 e. The number of furan rings is 1. The van der Waals surface area contributed by atoms with Crippen LogP contribution in [0.3, 0.4) is 0 Å². The molecule has 0 bridgehead atoms. The van der Waals surface area contributed by atoms with Crippen LogP contribution < -0.4 is 5.32 Å². The van der Waals surface area contributed by atoms with E-state index >= 15 is 0 Å². The molecule has 4 nitrogen and oxygen atoms in total. The predicted molar refractivity (Wildman–Crippen MR) is 85.7 cm³/mol. The van der Waals surface area contributed by atoms with Crippen LogP contribution in [0, 0.1) is 0 Å². The van der Waals surface area contributed by atoms with Gasteiger partial charge in [0.25, 0.3) is 0 Å². The van der Waals surface area contributed by atoms with E-state index in [1.807, 2.05) is 6.07 Å². The molecule has 1 aliphatic heterocycles. The van der Waals surface area contributed by atoms with Crippen LogP contribution in [-0.2, 0) is 22.8 Å². The molecule has 0 atom stereocenters. The second-order valence-electron chi connectivity index (χ2n) is 6.39. The molecule has 1 aromatic heterocycles. The van der Waals surface area contributed by atoms with Gasteiger partial charge < -0.3 is 9.73 Å². The van der Waals surface area contributed by atoms with Crippen molar-refractivity contribution in [2.75, 3.05) is 6.54 Å². The number of benzene rings is 1. The van der Waals surface area contributed by atoms with E-state index in [0.717, 1.165) is 62.8 Å². The van der Waals surface area contributed by atoms with Crippen molar-refractivity contribution in [2.45, 2.75) is 55.2 Å². The summed E-state index contributed by atoms with van der Waals surface area (Å²) in [4.78, 5) is 0.422. The van der Waals surface area contributed by atoms with E-state index in [0.29, 0.717) is 10.5 Å². The van der Waals surface area contributed by atoms with Gasteiger partial charge in [-0.2, -0.15) is 0 Å². The van der Waals surface area contributed by atoms with Gasteiger partial charge in [0.1, 0.15) is 11.3 Å². The zero-order valence-electron chi connectivity index (χ0n) is 12.6. The van der Waals surface area contributed by atoms with Crippen molar-refractivity contribution >= 4 is 20.8 Å². The summed E-state index contributed by atoms with van der Waals surface area (Å²) < 4.78 is 31.5. The van der Waals surface area contributed by atoms with Crippen LogP contribution in [0.4, 0.5) is 0 Å². The zero-order valence-corrected chi connectivity index (χ0v) is 13.4. The molecule has 2 aliphatic rings. The summed E-state index contributed by atoms with van der Waals surface area (Å²) in [5, 5.41) is 4.14. The van der Waals surface area contributed by atoms with Gasteiger partial charge in [0.05, 0.1) is 16.7 Å². The lowest BCUT2D eigenvalue weighted by Crippen LogP contribution is -2.24. The van der Waals surface area contributed by atoms with E-state index in [1.54, 1.807) is 12.1 Å². The van der Waals surface area contributed by atoms with Gasteiger partial charge in [-0.1, -0.05) is 19.3 Å². The first-order valence-corrected chi connectivity index (χ1v) is 9.70. The molecule has 1 aliphatic carbocycles. The smallest absolute Gasteiger partial charge is 0.181 e. The molecule has 1 aromatic carbocycles. The molecule has 1 fully saturated rings. The minimum atomic E-state index is -3.23. The lowest BCUT2D eigenvalue weighted by molar-refractivity contribution is 0.482. The summed E-state index contributed by atoms with van der Waals surface area (Å²) in [5.41, 5.74) is 1.95. The van der Waals surface area contributed by atoms with Gasteiger partial charge >= 0.3 is 0 Å². The fraction of sp³-hybridized carbons (Fsp3) is 0.529. The number of rotatable bonds is 2. The summed E-state index contributed by atoms with van der Waals surface area (Å²) in [6.07, 6.45) is 5.72. The Morgan fingerprint density at radius 2 is 1.95 bits per heavy atom. The van der Waals surface area contributed by atoms with Crippen LogP contribution >= 0.6 is 0 Å². The van der Waals surface area contributed by atoms with E-state index in [9.17, 15) is 8.42 Å². The highest BCUT2D eigenvalue weighted by Crippen LogP contribution is 2.33. The maximum Gasteiger partial charge on any atom is 0.181 e. The molecular formula is C17H21NO3S. The molecule has 0 radical (unpaired) electrons. The molecule has 5 heteroatoms. The van der Waals surface area contributed by atoms with Crippen LogP contribution in [0.25, 0.3) is 11.0 Å². The first-order chi connectivity index (χ1) is 10.7. The Morgan fingerprint density at radius 1 is 1.14 bits per heavy atom. The highest BCUT2D eigenvalue weighted by Gasteiger charge is 2.29. The quantitative estimate of drug-likeness (QED) is 0.923. The van der Waals surface area contributed by atoms with E-state index in [4.69, 9.17) is 4.42 Å². The first-order valence-electron chi connectivity index (χ1n) is 8.15. The average molecular weight is 319 g/mol. The standard InChI is InChI=1S/C17H21NO3S/c19-22(20,12-4-2-1-3-5-12)13-6-7-14-15-8-9-18-11-17(15)21-16(14)10-13/h6-7,10,12,18H,1-5,8-9,11H2. The number of fused-ring (bicyclic) bond motifs is 3. The minimum absolute atomic E-state index is 0.218. The molecular weight excluding hydrogens is 298 g/mol. The fourth-order valence-corrected chi connectivity index (χ4v) is 5.63. The Bertz CT molecular complexity index is 801. The Kier molecular flexibility index (Phi) is 3.50. The zero-order chi connectivity index (χ0) is 15.2. The van der Waals surface area contributed by atoms with Crippen LogP contribution in [0.15, 0.2) is 27.5 Å². The Hall–Kier alpha value is -1.33. The maximum atomic E-state index is 12.8. The molecule has 22 heavy (non-hydrogen) atoms. The highest BCUT2D eigenvalue weighted by atomic mass is 32.2. The number of sulfone groups is 1. The molecule has 0 saturated heterocycles. The van der Waals surface area contributed by atoms with Gasteiger partial charge in [-0.15, -0.1) is 0 Å². The summed E-state index contributed by atoms with van der Waals surface area (Å²) >= 11 is 0. The molecule has 118 valence electrons. The topological polar surface area (TPSA) is 59.3 Å². The molecule has 0 amide bonds. The van der Waals surface area contributed by atoms with Crippen LogP contribution in [0.5, 0.6) is 0 Å². The minimum Gasteiger partial charge on any atom is -0.459 e. The van der Waals surface area contributed by atoms with Gasteiger partial charge in [0.15, 0.2) is 9.84 Å². The second-order valence-corrected chi connectivity index (χ2v) is 8.62. The molecule has 0 spiro atoms. The first kappa shape index (κ1) is 14.3. The molecule has 4 rings (SSSR count). The van der Waals surface area contributed by atoms with E-state index in [1.165, 1.54) is 5.56 Å².